The highest BCUT2D eigenvalue weighted by atomic mass is 32.1. The molecular formula is C25H37N5S. The molecule has 2 aliphatic rings. The van der Waals surface area contributed by atoms with Crippen LogP contribution in [0.15, 0.2) is 24.3 Å². The zero-order valence-corrected chi connectivity index (χ0v) is 20.1. The molecule has 2 aliphatic heterocycles. The van der Waals surface area contributed by atoms with E-state index < -0.39 is 0 Å². The molecule has 0 amide bonds. The topological polar surface area (TPSA) is 43.4 Å². The van der Waals surface area contributed by atoms with Crippen molar-refractivity contribution in [2.75, 3.05) is 49.5 Å². The first-order valence-corrected chi connectivity index (χ1v) is 12.3. The number of anilines is 2. The average Bonchev–Trinajstić information content (AvgIpc) is 3.26. The zero-order valence-electron chi connectivity index (χ0n) is 19.3. The van der Waals surface area contributed by atoms with E-state index >= 15 is 0 Å². The number of nitrogens with zero attached hydrogens (tertiary/aromatic N) is 3. The first kappa shape index (κ1) is 22.3. The standard InChI is InChI=1S/C25H37N5S/c1-18-13-19(2)17-29(16-18)10-6-9-26-25(31)27-21-7-8-23-22(15-21)20(3)14-24(28-23)30-11-4-5-12-30/h7-8,14-15,18-19H,4-6,9-13,16-17H2,1-3H3,(H2,26,27,31)/t18-,19-/m0/s1. The molecule has 0 saturated carbocycles. The van der Waals surface area contributed by atoms with E-state index in [1.165, 1.54) is 43.3 Å². The van der Waals surface area contributed by atoms with Crippen molar-refractivity contribution in [1.82, 2.24) is 15.2 Å². The summed E-state index contributed by atoms with van der Waals surface area (Å²) in [6.07, 6.45) is 5.01. The molecule has 168 valence electrons. The molecular weight excluding hydrogens is 402 g/mol. The van der Waals surface area contributed by atoms with E-state index in [-0.39, 0.29) is 0 Å². The fourth-order valence-corrected chi connectivity index (χ4v) is 5.44. The maximum absolute atomic E-state index is 5.53. The number of aromatic nitrogens is 1. The van der Waals surface area contributed by atoms with Crippen molar-refractivity contribution in [3.05, 3.63) is 29.8 Å². The molecule has 1 aromatic carbocycles. The number of piperidine rings is 1. The van der Waals surface area contributed by atoms with Crippen molar-refractivity contribution in [2.24, 2.45) is 11.8 Å². The lowest BCUT2D eigenvalue weighted by Crippen LogP contribution is -2.40. The Morgan fingerprint density at radius 3 is 2.61 bits per heavy atom. The fraction of sp³-hybridized carbons (Fsp3) is 0.600. The molecule has 0 aliphatic carbocycles. The average molecular weight is 440 g/mol. The van der Waals surface area contributed by atoms with Crippen LogP contribution in [0.4, 0.5) is 11.5 Å². The highest BCUT2D eigenvalue weighted by Crippen LogP contribution is 2.27. The Morgan fingerprint density at radius 2 is 1.87 bits per heavy atom. The van der Waals surface area contributed by atoms with Crippen molar-refractivity contribution in [2.45, 2.75) is 46.5 Å². The number of rotatable bonds is 6. The van der Waals surface area contributed by atoms with Gasteiger partial charge in [-0.25, -0.2) is 4.98 Å². The highest BCUT2D eigenvalue weighted by molar-refractivity contribution is 7.80. The Labute approximate surface area is 192 Å². The van der Waals surface area contributed by atoms with Crippen molar-refractivity contribution in [1.29, 1.82) is 0 Å². The van der Waals surface area contributed by atoms with Gasteiger partial charge in [0.15, 0.2) is 5.11 Å². The molecule has 2 fully saturated rings. The smallest absolute Gasteiger partial charge is 0.170 e. The van der Waals surface area contributed by atoms with Crippen molar-refractivity contribution in [3.63, 3.8) is 0 Å². The Kier molecular flexibility index (Phi) is 7.28. The van der Waals surface area contributed by atoms with Crippen molar-refractivity contribution in [3.8, 4) is 0 Å². The molecule has 0 radical (unpaired) electrons. The lowest BCUT2D eigenvalue weighted by molar-refractivity contribution is 0.140. The summed E-state index contributed by atoms with van der Waals surface area (Å²) in [6.45, 7) is 13.7. The number of likely N-dealkylation sites (tertiary alicyclic amines) is 1. The number of aryl methyl sites for hydroxylation is 1. The van der Waals surface area contributed by atoms with Gasteiger partial charge < -0.3 is 20.4 Å². The molecule has 2 aromatic rings. The maximum atomic E-state index is 5.53. The van der Waals surface area contributed by atoms with E-state index in [1.54, 1.807) is 0 Å². The van der Waals surface area contributed by atoms with Gasteiger partial charge in [-0.15, -0.1) is 0 Å². The quantitative estimate of drug-likeness (QED) is 0.498. The van der Waals surface area contributed by atoms with E-state index in [9.17, 15) is 0 Å². The monoisotopic (exact) mass is 439 g/mol. The molecule has 1 aromatic heterocycles. The Morgan fingerprint density at radius 1 is 1.13 bits per heavy atom. The summed E-state index contributed by atoms with van der Waals surface area (Å²) in [6, 6.07) is 8.56. The first-order chi connectivity index (χ1) is 15.0. The second-order valence-corrected chi connectivity index (χ2v) is 10.1. The third-order valence-corrected chi connectivity index (χ3v) is 6.82. The summed E-state index contributed by atoms with van der Waals surface area (Å²) in [5.41, 5.74) is 3.33. The molecule has 2 atom stereocenters. The van der Waals surface area contributed by atoms with Crippen LogP contribution in [0, 0.1) is 18.8 Å². The number of benzene rings is 1. The predicted molar refractivity (Wildman–Crippen MR) is 136 cm³/mol. The van der Waals surface area contributed by atoms with Crippen molar-refractivity contribution >= 4 is 39.7 Å². The number of fused-ring (bicyclic) bond motifs is 1. The number of nitrogens with one attached hydrogen (secondary N) is 2. The predicted octanol–water partition coefficient (Wildman–Crippen LogP) is 4.80. The van der Waals surface area contributed by atoms with Crippen LogP contribution in [-0.4, -0.2) is 54.3 Å². The van der Waals surface area contributed by atoms with Gasteiger partial charge in [0.05, 0.1) is 5.52 Å². The van der Waals surface area contributed by atoms with E-state index in [4.69, 9.17) is 17.2 Å². The summed E-state index contributed by atoms with van der Waals surface area (Å²) in [5, 5.41) is 8.60. The Bertz CT molecular complexity index is 898. The molecule has 3 heterocycles. The van der Waals surface area contributed by atoms with Crippen LogP contribution < -0.4 is 15.5 Å². The summed E-state index contributed by atoms with van der Waals surface area (Å²) >= 11 is 5.53. The number of hydrogen-bond acceptors (Lipinski definition) is 4. The van der Waals surface area contributed by atoms with Crippen LogP contribution in [0.3, 0.4) is 0 Å². The molecule has 0 unspecified atom stereocenters. The van der Waals surface area contributed by atoms with Crippen molar-refractivity contribution < 1.29 is 0 Å². The third-order valence-electron chi connectivity index (χ3n) is 6.57. The fourth-order valence-electron chi connectivity index (χ4n) is 5.22. The van der Waals surface area contributed by atoms with Gasteiger partial charge in [0.1, 0.15) is 5.82 Å². The molecule has 6 heteroatoms. The van der Waals surface area contributed by atoms with Gasteiger partial charge in [0.2, 0.25) is 0 Å². The van der Waals surface area contributed by atoms with Gasteiger partial charge in [-0.2, -0.15) is 0 Å². The van der Waals surface area contributed by atoms with Crippen LogP contribution in [0.5, 0.6) is 0 Å². The summed E-state index contributed by atoms with van der Waals surface area (Å²) in [4.78, 5) is 9.89. The van der Waals surface area contributed by atoms with E-state index in [0.29, 0.717) is 5.11 Å². The lowest BCUT2D eigenvalue weighted by atomic mass is 9.92. The van der Waals surface area contributed by atoms with Gasteiger partial charge in [0.25, 0.3) is 0 Å². The van der Waals surface area contributed by atoms with Crippen LogP contribution in [0.2, 0.25) is 0 Å². The normalized spacial score (nSPS) is 22.1. The largest absolute Gasteiger partial charge is 0.362 e. The highest BCUT2D eigenvalue weighted by Gasteiger charge is 2.21. The van der Waals surface area contributed by atoms with Gasteiger partial charge in [0, 0.05) is 43.8 Å². The number of thiocarbonyl (C=S) groups is 1. The minimum absolute atomic E-state index is 0.694. The first-order valence-electron chi connectivity index (χ1n) is 11.9. The summed E-state index contributed by atoms with van der Waals surface area (Å²) in [5.74, 6) is 2.74. The SMILES string of the molecule is Cc1cc(N2CCCC2)nc2ccc(NC(=S)NCCCN3C[C@@H](C)C[C@H](C)C3)cc12. The second-order valence-electron chi connectivity index (χ2n) is 9.66. The molecule has 5 nitrogen and oxygen atoms in total. The summed E-state index contributed by atoms with van der Waals surface area (Å²) in [7, 11) is 0. The maximum Gasteiger partial charge on any atom is 0.170 e. The molecule has 2 N–H and O–H groups in total. The van der Waals surface area contributed by atoms with Crippen LogP contribution in [0.1, 0.15) is 45.1 Å². The zero-order chi connectivity index (χ0) is 21.8. The Balaban J connectivity index is 1.28. The minimum Gasteiger partial charge on any atom is -0.362 e. The van der Waals surface area contributed by atoms with E-state index in [2.05, 4.69) is 65.5 Å². The van der Waals surface area contributed by atoms with Gasteiger partial charge in [-0.05, 0) is 93.0 Å². The van der Waals surface area contributed by atoms with Gasteiger partial charge in [-0.3, -0.25) is 0 Å². The van der Waals surface area contributed by atoms with Crippen LogP contribution >= 0.6 is 12.2 Å². The number of hydrogen-bond donors (Lipinski definition) is 2. The van der Waals surface area contributed by atoms with Crippen LogP contribution in [0.25, 0.3) is 10.9 Å². The number of pyridine rings is 1. The lowest BCUT2D eigenvalue weighted by Gasteiger charge is -2.35. The van der Waals surface area contributed by atoms with Gasteiger partial charge in [-0.1, -0.05) is 13.8 Å². The molecule has 2 saturated heterocycles. The van der Waals surface area contributed by atoms with E-state index in [1.807, 2.05) is 0 Å². The van der Waals surface area contributed by atoms with Crippen LogP contribution in [-0.2, 0) is 0 Å². The third kappa shape index (κ3) is 5.86. The molecule has 0 spiro atoms. The van der Waals surface area contributed by atoms with E-state index in [0.717, 1.165) is 61.5 Å². The molecule has 4 rings (SSSR count). The molecule has 0 bridgehead atoms. The Hall–Kier alpha value is -1.92. The molecule has 31 heavy (non-hydrogen) atoms. The minimum atomic E-state index is 0.694. The van der Waals surface area contributed by atoms with Gasteiger partial charge >= 0.3 is 0 Å². The second kappa shape index (κ2) is 10.1. The summed E-state index contributed by atoms with van der Waals surface area (Å²) < 4.78 is 0.